The molecule has 0 fully saturated rings. The number of hydrogen-bond donors (Lipinski definition) is 2. The smallest absolute Gasteiger partial charge is 0.118 e. The summed E-state index contributed by atoms with van der Waals surface area (Å²) < 4.78 is 5.17. The van der Waals surface area contributed by atoms with Gasteiger partial charge in [0.1, 0.15) is 5.75 Å². The Balaban J connectivity index is 2.62. The van der Waals surface area contributed by atoms with E-state index in [2.05, 4.69) is 24.4 Å². The zero-order chi connectivity index (χ0) is 14.3. The molecule has 1 aromatic rings. The minimum Gasteiger partial charge on any atom is -0.497 e. The van der Waals surface area contributed by atoms with Gasteiger partial charge in [-0.05, 0) is 37.3 Å². The van der Waals surface area contributed by atoms with Gasteiger partial charge in [-0.15, -0.1) is 0 Å². The molecule has 0 aromatic heterocycles. The van der Waals surface area contributed by atoms with Gasteiger partial charge in [-0.2, -0.15) is 11.8 Å². The summed E-state index contributed by atoms with van der Waals surface area (Å²) >= 11 is 1.66. The van der Waals surface area contributed by atoms with Crippen LogP contribution < -0.4 is 10.1 Å². The summed E-state index contributed by atoms with van der Waals surface area (Å²) in [7, 11) is 1.67. The van der Waals surface area contributed by atoms with E-state index in [0.29, 0.717) is 6.54 Å². The van der Waals surface area contributed by atoms with Gasteiger partial charge in [0, 0.05) is 18.3 Å². The Kier molecular flexibility index (Phi) is 6.69. The Morgan fingerprint density at radius 3 is 2.47 bits per heavy atom. The second-order valence-electron chi connectivity index (χ2n) is 5.04. The largest absolute Gasteiger partial charge is 0.497 e. The molecule has 3 nitrogen and oxygen atoms in total. The van der Waals surface area contributed by atoms with Crippen LogP contribution in [0.15, 0.2) is 24.3 Å². The fourth-order valence-electron chi connectivity index (χ4n) is 2.04. The maximum atomic E-state index is 10.2. The van der Waals surface area contributed by atoms with E-state index >= 15 is 0 Å². The number of thioether (sulfide) groups is 1. The highest BCUT2D eigenvalue weighted by Crippen LogP contribution is 2.21. The highest BCUT2D eigenvalue weighted by atomic mass is 32.2. The van der Waals surface area contributed by atoms with Gasteiger partial charge in [0.05, 0.1) is 12.7 Å². The topological polar surface area (TPSA) is 41.5 Å². The van der Waals surface area contributed by atoms with Crippen LogP contribution in [-0.2, 0) is 0 Å². The van der Waals surface area contributed by atoms with Crippen molar-refractivity contribution < 1.29 is 9.84 Å². The number of rotatable bonds is 8. The lowest BCUT2D eigenvalue weighted by Gasteiger charge is -2.26. The highest BCUT2D eigenvalue weighted by molar-refractivity contribution is 7.98. The molecular weight excluding hydrogens is 258 g/mol. The van der Waals surface area contributed by atoms with E-state index in [1.165, 1.54) is 5.56 Å². The van der Waals surface area contributed by atoms with Crippen LogP contribution in [0.2, 0.25) is 0 Å². The molecule has 0 aliphatic carbocycles. The Bertz CT molecular complexity index is 365. The summed E-state index contributed by atoms with van der Waals surface area (Å²) in [6.07, 6.45) is 3.00. The van der Waals surface area contributed by atoms with E-state index in [1.807, 2.05) is 25.3 Å². The molecule has 0 bridgehead atoms. The number of nitrogens with one attached hydrogen (secondary N) is 1. The van der Waals surface area contributed by atoms with Gasteiger partial charge in [0.2, 0.25) is 0 Å². The van der Waals surface area contributed by atoms with E-state index in [9.17, 15) is 5.11 Å². The van der Waals surface area contributed by atoms with Crippen molar-refractivity contribution in [2.75, 3.05) is 25.7 Å². The summed E-state index contributed by atoms with van der Waals surface area (Å²) in [6, 6.07) is 8.35. The Morgan fingerprint density at radius 2 is 2.00 bits per heavy atom. The molecule has 0 saturated heterocycles. The highest BCUT2D eigenvalue weighted by Gasteiger charge is 2.21. The van der Waals surface area contributed by atoms with Gasteiger partial charge in [-0.1, -0.05) is 19.1 Å². The first-order valence-electron chi connectivity index (χ1n) is 6.61. The summed E-state index contributed by atoms with van der Waals surface area (Å²) in [4.78, 5) is 0. The zero-order valence-corrected chi connectivity index (χ0v) is 13.1. The molecule has 0 spiro atoms. The fourth-order valence-corrected chi connectivity index (χ4v) is 2.76. The van der Waals surface area contributed by atoms with Crippen LogP contribution in [-0.4, -0.2) is 36.4 Å². The van der Waals surface area contributed by atoms with Crippen molar-refractivity contribution in [2.45, 2.75) is 31.9 Å². The summed E-state index contributed by atoms with van der Waals surface area (Å²) in [5.74, 6) is 1.60. The second kappa shape index (κ2) is 7.78. The van der Waals surface area contributed by atoms with Gasteiger partial charge < -0.3 is 15.2 Å². The van der Waals surface area contributed by atoms with E-state index in [0.717, 1.165) is 17.9 Å². The number of benzene rings is 1. The lowest BCUT2D eigenvalue weighted by molar-refractivity contribution is 0.0812. The lowest BCUT2D eigenvalue weighted by Crippen LogP contribution is -2.41. The third kappa shape index (κ3) is 5.43. The molecule has 0 saturated carbocycles. The van der Waals surface area contributed by atoms with Gasteiger partial charge in [-0.25, -0.2) is 0 Å². The number of hydrogen-bond acceptors (Lipinski definition) is 4. The molecule has 0 heterocycles. The predicted molar refractivity (Wildman–Crippen MR) is 83.0 cm³/mol. The Labute approximate surface area is 120 Å². The van der Waals surface area contributed by atoms with Crippen molar-refractivity contribution in [3.05, 3.63) is 29.8 Å². The summed E-state index contributed by atoms with van der Waals surface area (Å²) in [6.45, 7) is 4.61. The van der Waals surface area contributed by atoms with Crippen LogP contribution in [0.5, 0.6) is 5.75 Å². The predicted octanol–water partition coefficient (Wildman–Crippen LogP) is 2.85. The molecule has 2 unspecified atom stereocenters. The maximum Gasteiger partial charge on any atom is 0.118 e. The number of ether oxygens (including phenoxy) is 1. The number of methoxy groups -OCH3 is 1. The zero-order valence-electron chi connectivity index (χ0n) is 12.3. The van der Waals surface area contributed by atoms with Crippen molar-refractivity contribution in [3.63, 3.8) is 0 Å². The van der Waals surface area contributed by atoms with Crippen LogP contribution in [0.25, 0.3) is 0 Å². The first-order chi connectivity index (χ1) is 9.02. The fraction of sp³-hybridized carbons (Fsp3) is 0.600. The third-order valence-corrected chi connectivity index (χ3v) is 4.02. The monoisotopic (exact) mass is 283 g/mol. The lowest BCUT2D eigenvalue weighted by atomic mass is 10.0. The van der Waals surface area contributed by atoms with Crippen molar-refractivity contribution in [1.82, 2.24) is 5.32 Å². The molecule has 2 N–H and O–H groups in total. The van der Waals surface area contributed by atoms with Crippen LogP contribution in [0.4, 0.5) is 0 Å². The maximum absolute atomic E-state index is 10.2. The summed E-state index contributed by atoms with van der Waals surface area (Å²) in [5, 5.41) is 13.6. The average Bonchev–Trinajstić information content (AvgIpc) is 2.40. The molecule has 1 rings (SSSR count). The molecule has 0 radical (unpaired) electrons. The SMILES string of the molecule is CCC(NCC(C)(O)CSC)c1ccc(OC)cc1. The van der Waals surface area contributed by atoms with E-state index in [1.54, 1.807) is 18.9 Å². The van der Waals surface area contributed by atoms with Crippen molar-refractivity contribution in [2.24, 2.45) is 0 Å². The minimum absolute atomic E-state index is 0.263. The van der Waals surface area contributed by atoms with Gasteiger partial charge in [0.25, 0.3) is 0 Å². The van der Waals surface area contributed by atoms with Gasteiger partial charge >= 0.3 is 0 Å². The van der Waals surface area contributed by atoms with Crippen LogP contribution >= 0.6 is 11.8 Å². The normalized spacial score (nSPS) is 15.8. The third-order valence-electron chi connectivity index (χ3n) is 3.11. The molecule has 0 amide bonds. The van der Waals surface area contributed by atoms with Crippen molar-refractivity contribution in [3.8, 4) is 5.75 Å². The molecule has 0 aliphatic rings. The standard InChI is InChI=1S/C15H25NO2S/c1-5-14(16-10-15(2,17)11-19-4)12-6-8-13(18-3)9-7-12/h6-9,14,16-17H,5,10-11H2,1-4H3. The minimum atomic E-state index is -0.667. The number of aliphatic hydroxyl groups is 1. The second-order valence-corrected chi connectivity index (χ2v) is 5.91. The van der Waals surface area contributed by atoms with Crippen LogP contribution in [0.3, 0.4) is 0 Å². The molecule has 108 valence electrons. The van der Waals surface area contributed by atoms with Gasteiger partial charge in [0.15, 0.2) is 0 Å². The molecule has 19 heavy (non-hydrogen) atoms. The molecule has 4 heteroatoms. The van der Waals surface area contributed by atoms with Crippen LogP contribution in [0, 0.1) is 0 Å². The first-order valence-corrected chi connectivity index (χ1v) is 8.00. The quantitative estimate of drug-likeness (QED) is 0.770. The van der Waals surface area contributed by atoms with E-state index in [4.69, 9.17) is 4.74 Å². The van der Waals surface area contributed by atoms with E-state index in [-0.39, 0.29) is 6.04 Å². The molecule has 0 aliphatic heterocycles. The molecule has 1 aromatic carbocycles. The molecular formula is C15H25NO2S. The molecule has 2 atom stereocenters. The summed E-state index contributed by atoms with van der Waals surface area (Å²) in [5.41, 5.74) is 0.558. The van der Waals surface area contributed by atoms with E-state index < -0.39 is 5.60 Å². The Morgan fingerprint density at radius 1 is 1.37 bits per heavy atom. The van der Waals surface area contributed by atoms with Gasteiger partial charge in [-0.3, -0.25) is 0 Å². The average molecular weight is 283 g/mol. The van der Waals surface area contributed by atoms with Crippen molar-refractivity contribution >= 4 is 11.8 Å². The Hall–Kier alpha value is -0.710. The first kappa shape index (κ1) is 16.3. The van der Waals surface area contributed by atoms with Crippen LogP contribution in [0.1, 0.15) is 31.9 Å². The van der Waals surface area contributed by atoms with Crippen molar-refractivity contribution in [1.29, 1.82) is 0 Å².